The highest BCUT2D eigenvalue weighted by Crippen LogP contribution is 2.31. The lowest BCUT2D eigenvalue weighted by atomic mass is 10.0. The van der Waals surface area contributed by atoms with Gasteiger partial charge < -0.3 is 5.73 Å². The molecular weight excluding hydrogens is 234 g/mol. The van der Waals surface area contributed by atoms with Crippen LogP contribution in [0.4, 0.5) is 0 Å². The third-order valence-electron chi connectivity index (χ3n) is 4.44. The first-order chi connectivity index (χ1) is 8.12. The Morgan fingerprint density at radius 1 is 0.765 bits per heavy atom. The second-order valence-electron chi connectivity index (χ2n) is 5.69. The van der Waals surface area contributed by atoms with Crippen molar-refractivity contribution in [3.8, 4) is 0 Å². The van der Waals surface area contributed by atoms with Crippen LogP contribution < -0.4 is 5.73 Å². The molecule has 3 nitrogen and oxygen atoms in total. The zero-order valence-corrected chi connectivity index (χ0v) is 11.4. The molecule has 2 aliphatic carbocycles. The van der Waals surface area contributed by atoms with Gasteiger partial charge in [-0.05, 0) is 25.7 Å². The van der Waals surface area contributed by atoms with Crippen molar-refractivity contribution in [3.05, 3.63) is 0 Å². The molecule has 2 aliphatic rings. The highest BCUT2D eigenvalue weighted by molar-refractivity contribution is 7.92. The Bertz CT molecular complexity index is 333. The average molecular weight is 259 g/mol. The summed E-state index contributed by atoms with van der Waals surface area (Å²) >= 11 is 0. The Morgan fingerprint density at radius 3 is 1.94 bits per heavy atom. The molecule has 0 aromatic carbocycles. The van der Waals surface area contributed by atoms with Gasteiger partial charge >= 0.3 is 0 Å². The summed E-state index contributed by atoms with van der Waals surface area (Å²) in [4.78, 5) is 0. The maximum atomic E-state index is 12.6. The third kappa shape index (κ3) is 3.02. The molecule has 0 saturated heterocycles. The van der Waals surface area contributed by atoms with Gasteiger partial charge in [-0.25, -0.2) is 8.42 Å². The summed E-state index contributed by atoms with van der Waals surface area (Å²) in [6.07, 6.45) is 10.0. The maximum absolute atomic E-state index is 12.6. The van der Waals surface area contributed by atoms with Crippen molar-refractivity contribution in [3.63, 3.8) is 0 Å². The molecule has 0 amide bonds. The molecule has 2 unspecified atom stereocenters. The van der Waals surface area contributed by atoms with Crippen LogP contribution in [0.1, 0.15) is 64.2 Å². The van der Waals surface area contributed by atoms with E-state index in [9.17, 15) is 8.42 Å². The van der Waals surface area contributed by atoms with E-state index in [-0.39, 0.29) is 16.5 Å². The van der Waals surface area contributed by atoms with Crippen molar-refractivity contribution in [2.24, 2.45) is 5.73 Å². The van der Waals surface area contributed by atoms with Gasteiger partial charge in [-0.3, -0.25) is 0 Å². The predicted molar refractivity (Wildman–Crippen MR) is 70.6 cm³/mol. The van der Waals surface area contributed by atoms with Crippen LogP contribution >= 0.6 is 0 Å². The molecule has 0 aliphatic heterocycles. The fraction of sp³-hybridized carbons (Fsp3) is 1.00. The molecular formula is C13H25NO2S. The van der Waals surface area contributed by atoms with Gasteiger partial charge in [0.05, 0.1) is 10.5 Å². The number of nitrogens with two attached hydrogens (primary N) is 1. The molecule has 0 aromatic heterocycles. The van der Waals surface area contributed by atoms with Crippen molar-refractivity contribution in [2.75, 3.05) is 0 Å². The number of rotatable bonds is 2. The molecule has 0 heterocycles. The average Bonchev–Trinajstić information content (AvgIpc) is 2.55. The van der Waals surface area contributed by atoms with Crippen LogP contribution in [-0.4, -0.2) is 25.0 Å². The first-order valence-corrected chi connectivity index (χ1v) is 8.71. The Hall–Kier alpha value is -0.0900. The molecule has 0 bridgehead atoms. The summed E-state index contributed by atoms with van der Waals surface area (Å²) in [5.74, 6) is 0. The largest absolute Gasteiger partial charge is 0.327 e. The fourth-order valence-corrected chi connectivity index (χ4v) is 5.95. The molecule has 0 radical (unpaired) electrons. The van der Waals surface area contributed by atoms with Gasteiger partial charge in [0, 0.05) is 6.04 Å². The molecule has 0 spiro atoms. The number of hydrogen-bond donors (Lipinski definition) is 1. The second-order valence-corrected chi connectivity index (χ2v) is 8.14. The lowest BCUT2D eigenvalue weighted by Gasteiger charge is -2.29. The Labute approximate surface area is 105 Å². The van der Waals surface area contributed by atoms with Crippen molar-refractivity contribution in [2.45, 2.75) is 80.7 Å². The van der Waals surface area contributed by atoms with Crippen molar-refractivity contribution >= 4 is 9.84 Å². The van der Waals surface area contributed by atoms with Crippen molar-refractivity contribution < 1.29 is 8.42 Å². The lowest BCUT2D eigenvalue weighted by molar-refractivity contribution is 0.464. The zero-order valence-electron chi connectivity index (χ0n) is 10.6. The second kappa shape index (κ2) is 5.70. The predicted octanol–water partition coefficient (Wildman–Crippen LogP) is 2.39. The summed E-state index contributed by atoms with van der Waals surface area (Å²) in [5, 5.41) is -0.349. The lowest BCUT2D eigenvalue weighted by Crippen LogP contribution is -2.44. The molecule has 4 heteroatoms. The van der Waals surface area contributed by atoms with Crippen LogP contribution in [0.2, 0.25) is 0 Å². The Kier molecular flexibility index (Phi) is 4.47. The van der Waals surface area contributed by atoms with Crippen LogP contribution in [0.5, 0.6) is 0 Å². The van der Waals surface area contributed by atoms with E-state index >= 15 is 0 Å². The van der Waals surface area contributed by atoms with Gasteiger partial charge in [-0.2, -0.15) is 0 Å². The van der Waals surface area contributed by atoms with Gasteiger partial charge in [0.2, 0.25) is 0 Å². The molecule has 2 N–H and O–H groups in total. The SMILES string of the molecule is NC1CCCCCC1S(=O)(=O)C1CCCCC1. The van der Waals surface area contributed by atoms with Gasteiger partial charge in [-0.1, -0.05) is 38.5 Å². The van der Waals surface area contributed by atoms with Crippen molar-refractivity contribution in [1.29, 1.82) is 0 Å². The van der Waals surface area contributed by atoms with Gasteiger partial charge in [0.1, 0.15) is 0 Å². The van der Waals surface area contributed by atoms with Crippen LogP contribution in [0.3, 0.4) is 0 Å². The van der Waals surface area contributed by atoms with Gasteiger partial charge in [0.15, 0.2) is 9.84 Å². The van der Waals surface area contributed by atoms with E-state index in [0.29, 0.717) is 0 Å². The maximum Gasteiger partial charge on any atom is 0.157 e. The smallest absolute Gasteiger partial charge is 0.157 e. The Balaban J connectivity index is 2.11. The number of hydrogen-bond acceptors (Lipinski definition) is 3. The minimum absolute atomic E-state index is 0.0922. The van der Waals surface area contributed by atoms with E-state index in [1.807, 2.05) is 0 Å². The van der Waals surface area contributed by atoms with Gasteiger partial charge in [0.25, 0.3) is 0 Å². The quantitative estimate of drug-likeness (QED) is 0.775. The van der Waals surface area contributed by atoms with Crippen molar-refractivity contribution in [1.82, 2.24) is 0 Å². The molecule has 0 aromatic rings. The normalized spacial score (nSPS) is 33.2. The summed E-state index contributed by atoms with van der Waals surface area (Å²) in [5.41, 5.74) is 6.09. The van der Waals surface area contributed by atoms with E-state index < -0.39 is 9.84 Å². The topological polar surface area (TPSA) is 60.2 Å². The van der Waals surface area contributed by atoms with E-state index in [2.05, 4.69) is 0 Å². The third-order valence-corrected chi connectivity index (χ3v) is 7.27. The van der Waals surface area contributed by atoms with E-state index in [1.165, 1.54) is 6.42 Å². The molecule has 2 rings (SSSR count). The van der Waals surface area contributed by atoms with Crippen LogP contribution in [0, 0.1) is 0 Å². The summed E-state index contributed by atoms with van der Waals surface area (Å²) < 4.78 is 25.2. The van der Waals surface area contributed by atoms with Gasteiger partial charge in [-0.15, -0.1) is 0 Å². The van der Waals surface area contributed by atoms with E-state index in [1.54, 1.807) is 0 Å². The molecule has 2 atom stereocenters. The summed E-state index contributed by atoms with van der Waals surface area (Å²) in [6.45, 7) is 0. The first kappa shape index (κ1) is 13.3. The minimum atomic E-state index is -2.98. The summed E-state index contributed by atoms with van der Waals surface area (Å²) in [6, 6.07) is -0.121. The minimum Gasteiger partial charge on any atom is -0.327 e. The Morgan fingerprint density at radius 2 is 1.29 bits per heavy atom. The van der Waals surface area contributed by atoms with Crippen LogP contribution in [0.25, 0.3) is 0 Å². The van der Waals surface area contributed by atoms with E-state index in [4.69, 9.17) is 5.73 Å². The van der Waals surface area contributed by atoms with Crippen LogP contribution in [-0.2, 0) is 9.84 Å². The highest BCUT2D eigenvalue weighted by Gasteiger charge is 2.38. The summed E-state index contributed by atoms with van der Waals surface area (Å²) in [7, 11) is -2.98. The standard InChI is InChI=1S/C13H25NO2S/c14-12-9-5-2-6-10-13(12)17(15,16)11-7-3-1-4-8-11/h11-13H,1-10,14H2. The van der Waals surface area contributed by atoms with Crippen LogP contribution in [0.15, 0.2) is 0 Å². The highest BCUT2D eigenvalue weighted by atomic mass is 32.2. The zero-order chi connectivity index (χ0) is 12.3. The molecule has 2 saturated carbocycles. The molecule has 17 heavy (non-hydrogen) atoms. The first-order valence-electron chi connectivity index (χ1n) is 7.10. The molecule has 100 valence electrons. The number of sulfone groups is 1. The molecule has 2 fully saturated rings. The monoisotopic (exact) mass is 259 g/mol. The fourth-order valence-electron chi connectivity index (χ4n) is 3.35. The van der Waals surface area contributed by atoms with E-state index in [0.717, 1.165) is 57.8 Å².